The number of para-hydroxylation sites is 2. The van der Waals surface area contributed by atoms with Gasteiger partial charge in [-0.05, 0) is 22.9 Å². The average Bonchev–Trinajstić information content (AvgIpc) is 2.82. The SMILES string of the molecule is O=[N+]([O-])c1ccccc1N/N=C/c1ccsc1. The van der Waals surface area contributed by atoms with Crippen molar-refractivity contribution in [2.24, 2.45) is 5.10 Å². The fraction of sp³-hybridized carbons (Fsp3) is 0. The van der Waals surface area contributed by atoms with Crippen LogP contribution < -0.4 is 5.43 Å². The monoisotopic (exact) mass is 247 g/mol. The topological polar surface area (TPSA) is 67.5 Å². The van der Waals surface area contributed by atoms with Crippen molar-refractivity contribution < 1.29 is 4.92 Å². The molecule has 1 aromatic carbocycles. The van der Waals surface area contributed by atoms with Crippen molar-refractivity contribution in [3.63, 3.8) is 0 Å². The molecule has 0 spiro atoms. The minimum absolute atomic E-state index is 0.00923. The van der Waals surface area contributed by atoms with Gasteiger partial charge in [-0.25, -0.2) is 0 Å². The molecule has 0 unspecified atom stereocenters. The second kappa shape index (κ2) is 5.22. The summed E-state index contributed by atoms with van der Waals surface area (Å²) < 4.78 is 0. The summed E-state index contributed by atoms with van der Waals surface area (Å²) in [6.45, 7) is 0. The summed E-state index contributed by atoms with van der Waals surface area (Å²) in [6.07, 6.45) is 1.62. The van der Waals surface area contributed by atoms with E-state index in [-0.39, 0.29) is 5.69 Å². The lowest BCUT2D eigenvalue weighted by molar-refractivity contribution is -0.384. The molecule has 0 radical (unpaired) electrons. The molecule has 6 heteroatoms. The number of hydrogen-bond acceptors (Lipinski definition) is 5. The number of hydrogen-bond donors (Lipinski definition) is 1. The van der Waals surface area contributed by atoms with Gasteiger partial charge in [0, 0.05) is 11.6 Å². The van der Waals surface area contributed by atoms with Crippen LogP contribution in [0, 0.1) is 10.1 Å². The zero-order chi connectivity index (χ0) is 12.1. The van der Waals surface area contributed by atoms with E-state index >= 15 is 0 Å². The highest BCUT2D eigenvalue weighted by molar-refractivity contribution is 7.08. The van der Waals surface area contributed by atoms with Crippen molar-refractivity contribution in [2.45, 2.75) is 0 Å². The Hall–Kier alpha value is -2.21. The number of nitrogens with zero attached hydrogens (tertiary/aromatic N) is 2. The molecule has 0 aliphatic rings. The predicted molar refractivity (Wildman–Crippen MR) is 68.6 cm³/mol. The smallest absolute Gasteiger partial charge is 0.272 e. The quantitative estimate of drug-likeness (QED) is 0.512. The molecule has 0 aliphatic heterocycles. The lowest BCUT2D eigenvalue weighted by Crippen LogP contribution is -1.96. The van der Waals surface area contributed by atoms with Crippen LogP contribution in [0.25, 0.3) is 0 Å². The highest BCUT2D eigenvalue weighted by Gasteiger charge is 2.10. The van der Waals surface area contributed by atoms with E-state index in [4.69, 9.17) is 0 Å². The molecule has 86 valence electrons. The minimum Gasteiger partial charge on any atom is -0.272 e. The van der Waals surface area contributed by atoms with Gasteiger partial charge in [-0.15, -0.1) is 0 Å². The first-order valence-corrected chi connectivity index (χ1v) is 5.76. The minimum atomic E-state index is -0.442. The van der Waals surface area contributed by atoms with Crippen molar-refractivity contribution in [1.29, 1.82) is 0 Å². The van der Waals surface area contributed by atoms with Gasteiger partial charge in [-0.2, -0.15) is 16.4 Å². The Morgan fingerprint density at radius 2 is 2.18 bits per heavy atom. The van der Waals surface area contributed by atoms with Crippen LogP contribution in [-0.2, 0) is 0 Å². The molecule has 2 aromatic rings. The van der Waals surface area contributed by atoms with Crippen molar-refractivity contribution >= 4 is 28.9 Å². The number of nitrogens with one attached hydrogen (secondary N) is 1. The Morgan fingerprint density at radius 3 is 2.88 bits per heavy atom. The summed E-state index contributed by atoms with van der Waals surface area (Å²) >= 11 is 1.57. The number of nitro groups is 1. The Balaban J connectivity index is 2.11. The number of thiophene rings is 1. The Morgan fingerprint density at radius 1 is 1.35 bits per heavy atom. The first kappa shape index (κ1) is 11.3. The van der Waals surface area contributed by atoms with E-state index in [0.717, 1.165) is 5.56 Å². The summed E-state index contributed by atoms with van der Waals surface area (Å²) in [7, 11) is 0. The van der Waals surface area contributed by atoms with Crippen LogP contribution in [0.5, 0.6) is 0 Å². The highest BCUT2D eigenvalue weighted by Crippen LogP contribution is 2.22. The summed E-state index contributed by atoms with van der Waals surface area (Å²) in [5, 5.41) is 18.6. The van der Waals surface area contributed by atoms with Crippen molar-refractivity contribution in [2.75, 3.05) is 5.43 Å². The number of nitro benzene ring substituents is 1. The molecular formula is C11H9N3O2S. The Bertz CT molecular complexity index is 537. The first-order valence-electron chi connectivity index (χ1n) is 4.82. The third-order valence-electron chi connectivity index (χ3n) is 2.04. The average molecular weight is 247 g/mol. The molecule has 0 fully saturated rings. The lowest BCUT2D eigenvalue weighted by Gasteiger charge is -2.00. The molecular weight excluding hydrogens is 238 g/mol. The predicted octanol–water partition coefficient (Wildman–Crippen LogP) is 3.10. The summed E-state index contributed by atoms with van der Waals surface area (Å²) in [4.78, 5) is 10.3. The molecule has 2 rings (SSSR count). The molecule has 0 atom stereocenters. The Kier molecular flexibility index (Phi) is 3.46. The first-order chi connectivity index (χ1) is 8.27. The van der Waals surface area contributed by atoms with Crippen LogP contribution in [0.1, 0.15) is 5.56 Å². The fourth-order valence-electron chi connectivity index (χ4n) is 1.25. The van der Waals surface area contributed by atoms with Crippen LogP contribution >= 0.6 is 11.3 Å². The van der Waals surface area contributed by atoms with Crippen LogP contribution in [0.2, 0.25) is 0 Å². The number of hydrazone groups is 1. The maximum atomic E-state index is 10.7. The van der Waals surface area contributed by atoms with E-state index in [1.165, 1.54) is 6.07 Å². The molecule has 1 heterocycles. The third-order valence-corrected chi connectivity index (χ3v) is 2.74. The molecule has 0 amide bonds. The van der Waals surface area contributed by atoms with Gasteiger partial charge in [0.1, 0.15) is 5.69 Å². The zero-order valence-electron chi connectivity index (χ0n) is 8.74. The van der Waals surface area contributed by atoms with E-state index in [1.54, 1.807) is 35.8 Å². The molecule has 1 N–H and O–H groups in total. The number of rotatable bonds is 4. The van der Waals surface area contributed by atoms with Gasteiger partial charge in [0.2, 0.25) is 0 Å². The normalized spacial score (nSPS) is 10.6. The highest BCUT2D eigenvalue weighted by atomic mass is 32.1. The summed E-state index contributed by atoms with van der Waals surface area (Å²) in [6, 6.07) is 8.29. The van der Waals surface area contributed by atoms with Gasteiger partial charge in [0.05, 0.1) is 11.1 Å². The molecule has 0 saturated carbocycles. The third kappa shape index (κ3) is 2.88. The number of anilines is 1. The van der Waals surface area contributed by atoms with Crippen molar-refractivity contribution in [3.05, 3.63) is 56.8 Å². The molecule has 0 aliphatic carbocycles. The maximum Gasteiger partial charge on any atom is 0.294 e. The van der Waals surface area contributed by atoms with E-state index in [0.29, 0.717) is 5.69 Å². The summed E-state index contributed by atoms with van der Waals surface area (Å²) in [5.74, 6) is 0. The molecule has 17 heavy (non-hydrogen) atoms. The van der Waals surface area contributed by atoms with Crippen LogP contribution in [0.4, 0.5) is 11.4 Å². The van der Waals surface area contributed by atoms with Crippen LogP contribution in [0.3, 0.4) is 0 Å². The van der Waals surface area contributed by atoms with E-state index in [1.807, 2.05) is 16.8 Å². The zero-order valence-corrected chi connectivity index (χ0v) is 9.55. The number of benzene rings is 1. The Labute approximate surface area is 102 Å². The van der Waals surface area contributed by atoms with Crippen molar-refractivity contribution in [3.8, 4) is 0 Å². The largest absolute Gasteiger partial charge is 0.294 e. The fourth-order valence-corrected chi connectivity index (χ4v) is 1.86. The van der Waals surface area contributed by atoms with Crippen LogP contribution in [0.15, 0.2) is 46.2 Å². The van der Waals surface area contributed by atoms with Gasteiger partial charge in [-0.3, -0.25) is 15.5 Å². The van der Waals surface area contributed by atoms with Gasteiger partial charge < -0.3 is 0 Å². The lowest BCUT2D eigenvalue weighted by atomic mass is 10.3. The van der Waals surface area contributed by atoms with Crippen molar-refractivity contribution in [1.82, 2.24) is 0 Å². The molecule has 1 aromatic heterocycles. The molecule has 5 nitrogen and oxygen atoms in total. The van der Waals surface area contributed by atoms with Gasteiger partial charge in [-0.1, -0.05) is 12.1 Å². The van der Waals surface area contributed by atoms with Crippen LogP contribution in [-0.4, -0.2) is 11.1 Å². The molecule has 0 bridgehead atoms. The summed E-state index contributed by atoms with van der Waals surface area (Å²) in [5.41, 5.74) is 4.01. The second-order valence-corrected chi connectivity index (χ2v) is 3.98. The van der Waals surface area contributed by atoms with E-state index in [2.05, 4.69) is 10.5 Å². The molecule has 0 saturated heterocycles. The van der Waals surface area contributed by atoms with E-state index < -0.39 is 4.92 Å². The second-order valence-electron chi connectivity index (χ2n) is 3.20. The van der Waals surface area contributed by atoms with Gasteiger partial charge >= 0.3 is 0 Å². The van der Waals surface area contributed by atoms with E-state index in [9.17, 15) is 10.1 Å². The van der Waals surface area contributed by atoms with Gasteiger partial charge in [0.25, 0.3) is 5.69 Å². The standard InChI is InChI=1S/C11H9N3O2S/c15-14(16)11-4-2-1-3-10(11)13-12-7-9-5-6-17-8-9/h1-8,13H/b12-7+. The van der Waals surface area contributed by atoms with Gasteiger partial charge in [0.15, 0.2) is 0 Å². The maximum absolute atomic E-state index is 10.7.